The van der Waals surface area contributed by atoms with Gasteiger partial charge in [0.1, 0.15) is 6.04 Å². The van der Waals surface area contributed by atoms with E-state index in [0.29, 0.717) is 6.54 Å². The Morgan fingerprint density at radius 3 is 2.52 bits per heavy atom. The Balaban J connectivity index is 2.79. The van der Waals surface area contributed by atoms with Crippen LogP contribution in [0.3, 0.4) is 0 Å². The van der Waals surface area contributed by atoms with Crippen molar-refractivity contribution in [3.8, 4) is 0 Å². The first-order chi connectivity index (χ1) is 11.7. The van der Waals surface area contributed by atoms with E-state index in [1.165, 1.54) is 18.2 Å². The third-order valence-corrected chi connectivity index (χ3v) is 4.90. The zero-order valence-electron chi connectivity index (χ0n) is 14.4. The predicted molar refractivity (Wildman–Crippen MR) is 94.7 cm³/mol. The summed E-state index contributed by atoms with van der Waals surface area (Å²) in [6, 6.07) is 4.57. The highest BCUT2D eigenvalue weighted by molar-refractivity contribution is 7.89. The predicted octanol–water partition coefficient (Wildman–Crippen LogP) is 1.71. The van der Waals surface area contributed by atoms with Gasteiger partial charge in [-0.15, -0.1) is 0 Å². The van der Waals surface area contributed by atoms with Gasteiger partial charge in [-0.1, -0.05) is 38.4 Å². The van der Waals surface area contributed by atoms with Crippen LogP contribution in [0, 0.1) is 5.92 Å². The number of benzene rings is 1. The Labute approximate surface area is 153 Å². The van der Waals surface area contributed by atoms with E-state index in [2.05, 4.69) is 10.0 Å². The first-order valence-corrected chi connectivity index (χ1v) is 9.74. The van der Waals surface area contributed by atoms with E-state index in [9.17, 15) is 18.0 Å². The average Bonchev–Trinajstić information content (AvgIpc) is 2.55. The van der Waals surface area contributed by atoms with E-state index in [4.69, 9.17) is 16.3 Å². The lowest BCUT2D eigenvalue weighted by atomic mass is 10.1. The van der Waals surface area contributed by atoms with Crippen LogP contribution in [0.15, 0.2) is 29.2 Å². The molecule has 0 radical (unpaired) electrons. The van der Waals surface area contributed by atoms with E-state index >= 15 is 0 Å². The van der Waals surface area contributed by atoms with Gasteiger partial charge in [0.25, 0.3) is 5.91 Å². The van der Waals surface area contributed by atoms with Crippen molar-refractivity contribution in [2.24, 2.45) is 5.92 Å². The number of rotatable bonds is 9. The van der Waals surface area contributed by atoms with Crippen LogP contribution in [0.1, 0.15) is 27.2 Å². The number of amides is 1. The number of hydrogen-bond donors (Lipinski definition) is 2. The molecule has 9 heteroatoms. The van der Waals surface area contributed by atoms with E-state index in [1.54, 1.807) is 19.9 Å². The van der Waals surface area contributed by atoms with E-state index in [-0.39, 0.29) is 15.8 Å². The molecule has 0 spiro atoms. The lowest BCUT2D eigenvalue weighted by molar-refractivity contribution is -0.151. The van der Waals surface area contributed by atoms with Crippen LogP contribution in [0.5, 0.6) is 0 Å². The molecule has 0 aliphatic carbocycles. The first kappa shape index (κ1) is 21.4. The number of nitrogens with one attached hydrogen (secondary N) is 2. The maximum Gasteiger partial charge on any atom is 0.324 e. The summed E-state index contributed by atoms with van der Waals surface area (Å²) in [5.74, 6) is -1.62. The molecular formula is C16H23ClN2O5S. The summed E-state index contributed by atoms with van der Waals surface area (Å²) in [7, 11) is -3.96. The van der Waals surface area contributed by atoms with Gasteiger partial charge in [0.15, 0.2) is 6.61 Å². The number of ether oxygens (including phenoxy) is 1. The largest absolute Gasteiger partial charge is 0.454 e. The van der Waals surface area contributed by atoms with Crippen LogP contribution in [0.25, 0.3) is 0 Å². The Bertz CT molecular complexity index is 706. The standard InChI is InChI=1S/C16H23ClN2O5S/c1-4-8-18-14(20)10-24-16(21)15(11(2)3)19-25(22,23)13-7-5-6-12(17)9-13/h5-7,9,11,15,19H,4,8,10H2,1-3H3,(H,18,20)/t15-/m0/s1. The molecule has 0 aliphatic rings. The SMILES string of the molecule is CCCNC(=O)COC(=O)[C@@H](NS(=O)(=O)c1cccc(Cl)c1)C(C)C. The molecular weight excluding hydrogens is 368 g/mol. The monoisotopic (exact) mass is 390 g/mol. The molecule has 140 valence electrons. The molecule has 7 nitrogen and oxygen atoms in total. The molecule has 0 fully saturated rings. The molecule has 0 saturated carbocycles. The summed E-state index contributed by atoms with van der Waals surface area (Å²) in [6.45, 7) is 5.26. The number of carbonyl (C=O) groups excluding carboxylic acids is 2. The zero-order chi connectivity index (χ0) is 19.0. The molecule has 1 aromatic rings. The van der Waals surface area contributed by atoms with Crippen molar-refractivity contribution < 1.29 is 22.7 Å². The molecule has 1 aromatic carbocycles. The highest BCUT2D eigenvalue weighted by Crippen LogP contribution is 2.17. The number of halogens is 1. The average molecular weight is 391 g/mol. The molecule has 1 amide bonds. The van der Waals surface area contributed by atoms with Gasteiger partial charge < -0.3 is 10.1 Å². The van der Waals surface area contributed by atoms with Gasteiger partial charge in [0.2, 0.25) is 10.0 Å². The molecule has 0 saturated heterocycles. The van der Waals surface area contributed by atoms with Gasteiger partial charge in [-0.05, 0) is 30.5 Å². The number of carbonyl (C=O) groups is 2. The van der Waals surface area contributed by atoms with Crippen molar-refractivity contribution >= 4 is 33.5 Å². The maximum atomic E-state index is 12.4. The quantitative estimate of drug-likeness (QED) is 0.625. The van der Waals surface area contributed by atoms with Gasteiger partial charge in [0.05, 0.1) is 4.90 Å². The van der Waals surface area contributed by atoms with Crippen LogP contribution in [0.2, 0.25) is 5.02 Å². The molecule has 0 aliphatic heterocycles. The van der Waals surface area contributed by atoms with Crippen molar-refractivity contribution in [1.82, 2.24) is 10.0 Å². The second-order valence-electron chi connectivity index (χ2n) is 5.76. The third-order valence-electron chi connectivity index (χ3n) is 3.23. The summed E-state index contributed by atoms with van der Waals surface area (Å²) in [5, 5.41) is 2.83. The molecule has 0 heterocycles. The highest BCUT2D eigenvalue weighted by atomic mass is 35.5. The highest BCUT2D eigenvalue weighted by Gasteiger charge is 2.30. The van der Waals surface area contributed by atoms with Crippen LogP contribution >= 0.6 is 11.6 Å². The van der Waals surface area contributed by atoms with Gasteiger partial charge in [-0.25, -0.2) is 8.42 Å². The normalized spacial score (nSPS) is 12.7. The summed E-state index contributed by atoms with van der Waals surface area (Å²) in [5.41, 5.74) is 0. The molecule has 0 bridgehead atoms. The fourth-order valence-corrected chi connectivity index (χ4v) is 3.50. The number of esters is 1. The Morgan fingerprint density at radius 1 is 1.28 bits per heavy atom. The third kappa shape index (κ3) is 7.01. The molecule has 0 unspecified atom stereocenters. The fraction of sp³-hybridized carbons (Fsp3) is 0.500. The summed E-state index contributed by atoms with van der Waals surface area (Å²) >= 11 is 5.81. The minimum atomic E-state index is -3.96. The van der Waals surface area contributed by atoms with Crippen molar-refractivity contribution in [1.29, 1.82) is 0 Å². The minimum Gasteiger partial charge on any atom is -0.454 e. The molecule has 25 heavy (non-hydrogen) atoms. The number of hydrogen-bond acceptors (Lipinski definition) is 5. The van der Waals surface area contributed by atoms with Crippen molar-refractivity contribution in [3.05, 3.63) is 29.3 Å². The Kier molecular flexibility index (Phi) is 8.34. The lowest BCUT2D eigenvalue weighted by Gasteiger charge is -2.20. The summed E-state index contributed by atoms with van der Waals surface area (Å²) in [6.07, 6.45) is 0.758. The lowest BCUT2D eigenvalue weighted by Crippen LogP contribution is -2.46. The van der Waals surface area contributed by atoms with Crippen molar-refractivity contribution in [2.75, 3.05) is 13.2 Å². The second kappa shape index (κ2) is 9.74. The summed E-state index contributed by atoms with van der Waals surface area (Å²) in [4.78, 5) is 23.6. The van der Waals surface area contributed by atoms with Crippen LogP contribution in [-0.2, 0) is 24.3 Å². The van der Waals surface area contributed by atoms with Crippen molar-refractivity contribution in [2.45, 2.75) is 38.1 Å². The topological polar surface area (TPSA) is 102 Å². The van der Waals surface area contributed by atoms with Gasteiger partial charge >= 0.3 is 5.97 Å². The van der Waals surface area contributed by atoms with E-state index in [1.807, 2.05) is 6.92 Å². The smallest absolute Gasteiger partial charge is 0.324 e. The van der Waals surface area contributed by atoms with Crippen LogP contribution < -0.4 is 10.0 Å². The molecule has 2 N–H and O–H groups in total. The van der Waals surface area contributed by atoms with E-state index < -0.39 is 34.5 Å². The van der Waals surface area contributed by atoms with Crippen LogP contribution in [0.4, 0.5) is 0 Å². The zero-order valence-corrected chi connectivity index (χ0v) is 16.0. The molecule has 1 atom stereocenters. The first-order valence-electron chi connectivity index (χ1n) is 7.88. The van der Waals surface area contributed by atoms with Gasteiger partial charge in [-0.3, -0.25) is 9.59 Å². The molecule has 0 aromatic heterocycles. The second-order valence-corrected chi connectivity index (χ2v) is 7.91. The maximum absolute atomic E-state index is 12.4. The van der Waals surface area contributed by atoms with Gasteiger partial charge in [-0.2, -0.15) is 4.72 Å². The number of sulfonamides is 1. The van der Waals surface area contributed by atoms with Gasteiger partial charge in [0, 0.05) is 11.6 Å². The molecule has 1 rings (SSSR count). The van der Waals surface area contributed by atoms with Crippen LogP contribution in [-0.4, -0.2) is 39.5 Å². The Morgan fingerprint density at radius 2 is 1.96 bits per heavy atom. The Hall–Kier alpha value is -1.64. The minimum absolute atomic E-state index is 0.0564. The van der Waals surface area contributed by atoms with Crippen molar-refractivity contribution in [3.63, 3.8) is 0 Å². The summed E-state index contributed by atoms with van der Waals surface area (Å²) < 4.78 is 32.1. The fourth-order valence-electron chi connectivity index (χ4n) is 1.87. The van der Waals surface area contributed by atoms with E-state index in [0.717, 1.165) is 6.42 Å².